The lowest BCUT2D eigenvalue weighted by Gasteiger charge is -2.17. The van der Waals surface area contributed by atoms with E-state index >= 15 is 0 Å². The third-order valence-electron chi connectivity index (χ3n) is 4.81. The van der Waals surface area contributed by atoms with Crippen LogP contribution in [0.2, 0.25) is 0 Å². The summed E-state index contributed by atoms with van der Waals surface area (Å²) in [6.07, 6.45) is 4.25. The molecule has 1 amide bonds. The number of aryl methyl sites for hydroxylation is 1. The molecule has 0 bridgehead atoms. The Morgan fingerprint density at radius 3 is 2.50 bits per heavy atom. The second kappa shape index (κ2) is 8.08. The molecule has 0 atom stereocenters. The van der Waals surface area contributed by atoms with E-state index in [9.17, 15) is 4.79 Å². The van der Waals surface area contributed by atoms with Crippen LogP contribution in [0.3, 0.4) is 0 Å². The minimum Gasteiger partial charge on any atom is -0.370 e. The summed E-state index contributed by atoms with van der Waals surface area (Å²) in [5.41, 5.74) is 4.44. The van der Waals surface area contributed by atoms with Crippen LogP contribution < -0.4 is 15.5 Å². The molecule has 28 heavy (non-hydrogen) atoms. The third-order valence-corrected chi connectivity index (χ3v) is 4.81. The average Bonchev–Trinajstić information content (AvgIpc) is 3.25. The molecule has 1 aliphatic heterocycles. The van der Waals surface area contributed by atoms with Gasteiger partial charge in [0.25, 0.3) is 5.91 Å². The van der Waals surface area contributed by atoms with Crippen LogP contribution in [-0.2, 0) is 0 Å². The summed E-state index contributed by atoms with van der Waals surface area (Å²) in [6, 6.07) is 17.1. The van der Waals surface area contributed by atoms with Gasteiger partial charge in [-0.2, -0.15) is 5.10 Å². The van der Waals surface area contributed by atoms with Gasteiger partial charge in [-0.1, -0.05) is 17.7 Å². The molecule has 142 valence electrons. The topological polar surface area (TPSA) is 70.2 Å². The molecule has 0 saturated carbocycles. The number of aromatic nitrogens is 2. The van der Waals surface area contributed by atoms with Crippen LogP contribution in [0.1, 0.15) is 28.8 Å². The van der Waals surface area contributed by atoms with E-state index < -0.39 is 0 Å². The molecule has 1 fully saturated rings. The number of benzene rings is 2. The number of nitrogens with zero attached hydrogens (tertiary/aromatic N) is 3. The van der Waals surface area contributed by atoms with Crippen LogP contribution in [0.5, 0.6) is 0 Å². The number of hydrogen-bond acceptors (Lipinski definition) is 5. The molecule has 0 radical (unpaired) electrons. The Hall–Kier alpha value is -3.41. The molecule has 0 aliphatic carbocycles. The zero-order valence-electron chi connectivity index (χ0n) is 15.9. The summed E-state index contributed by atoms with van der Waals surface area (Å²) in [4.78, 5) is 14.7. The molecule has 1 aliphatic rings. The van der Waals surface area contributed by atoms with Gasteiger partial charge in [-0.15, -0.1) is 5.10 Å². The van der Waals surface area contributed by atoms with Crippen LogP contribution in [0.25, 0.3) is 0 Å². The zero-order valence-corrected chi connectivity index (χ0v) is 15.9. The first kappa shape index (κ1) is 18.0. The highest BCUT2D eigenvalue weighted by atomic mass is 16.1. The molecule has 0 unspecified atom stereocenters. The Kier molecular flexibility index (Phi) is 5.19. The van der Waals surface area contributed by atoms with Crippen LogP contribution in [0.15, 0.2) is 60.8 Å². The predicted molar refractivity (Wildman–Crippen MR) is 112 cm³/mol. The fourth-order valence-electron chi connectivity index (χ4n) is 3.34. The van der Waals surface area contributed by atoms with Gasteiger partial charge in [0, 0.05) is 36.1 Å². The van der Waals surface area contributed by atoms with Crippen molar-refractivity contribution in [3.05, 3.63) is 71.9 Å². The van der Waals surface area contributed by atoms with E-state index in [4.69, 9.17) is 0 Å². The SMILES string of the molecule is Cc1cccc(C(=O)Nc2ccc(Nc3cc(N4CCCC4)cnn3)cc2)c1. The van der Waals surface area contributed by atoms with Crippen molar-refractivity contribution in [2.24, 2.45) is 0 Å². The molecule has 3 aromatic rings. The van der Waals surface area contributed by atoms with E-state index in [-0.39, 0.29) is 5.91 Å². The molecule has 2 aromatic carbocycles. The van der Waals surface area contributed by atoms with E-state index in [0.29, 0.717) is 11.4 Å². The van der Waals surface area contributed by atoms with Crippen molar-refractivity contribution >= 4 is 28.8 Å². The largest absolute Gasteiger partial charge is 0.370 e. The zero-order chi connectivity index (χ0) is 19.3. The highest BCUT2D eigenvalue weighted by molar-refractivity contribution is 6.04. The Morgan fingerprint density at radius 2 is 1.75 bits per heavy atom. The van der Waals surface area contributed by atoms with Crippen molar-refractivity contribution < 1.29 is 4.79 Å². The van der Waals surface area contributed by atoms with Crippen molar-refractivity contribution in [1.29, 1.82) is 0 Å². The second-order valence-corrected chi connectivity index (χ2v) is 7.02. The summed E-state index contributed by atoms with van der Waals surface area (Å²) in [5.74, 6) is 0.592. The number of hydrogen-bond donors (Lipinski definition) is 2. The summed E-state index contributed by atoms with van der Waals surface area (Å²) >= 11 is 0. The number of carbonyl (C=O) groups is 1. The van der Waals surface area contributed by atoms with Crippen molar-refractivity contribution in [2.45, 2.75) is 19.8 Å². The second-order valence-electron chi connectivity index (χ2n) is 7.02. The predicted octanol–water partition coefficient (Wildman–Crippen LogP) is 4.38. The standard InChI is InChI=1S/C22H23N5O/c1-16-5-4-6-17(13-16)22(28)25-19-9-7-18(8-10-19)24-21-14-20(15-23-26-21)27-11-2-3-12-27/h4-10,13-15H,2-3,11-12H2,1H3,(H,24,26)(H,25,28). The highest BCUT2D eigenvalue weighted by Gasteiger charge is 2.13. The fourth-order valence-corrected chi connectivity index (χ4v) is 3.34. The van der Waals surface area contributed by atoms with E-state index in [0.717, 1.165) is 35.7 Å². The molecular formula is C22H23N5O. The smallest absolute Gasteiger partial charge is 0.255 e. The van der Waals surface area contributed by atoms with Gasteiger partial charge in [-0.25, -0.2) is 0 Å². The molecule has 1 saturated heterocycles. The van der Waals surface area contributed by atoms with Crippen molar-refractivity contribution in [2.75, 3.05) is 28.6 Å². The van der Waals surface area contributed by atoms with Crippen LogP contribution >= 0.6 is 0 Å². The van der Waals surface area contributed by atoms with Gasteiger partial charge >= 0.3 is 0 Å². The van der Waals surface area contributed by atoms with Crippen LogP contribution in [0.4, 0.5) is 22.9 Å². The number of carbonyl (C=O) groups excluding carboxylic acids is 1. The van der Waals surface area contributed by atoms with Gasteiger partial charge in [0.2, 0.25) is 0 Å². The Labute approximate surface area is 164 Å². The van der Waals surface area contributed by atoms with Crippen molar-refractivity contribution in [1.82, 2.24) is 10.2 Å². The van der Waals surface area contributed by atoms with Gasteiger partial charge in [0.15, 0.2) is 5.82 Å². The lowest BCUT2D eigenvalue weighted by atomic mass is 10.1. The number of anilines is 4. The number of nitrogens with one attached hydrogen (secondary N) is 2. The maximum Gasteiger partial charge on any atom is 0.255 e. The minimum atomic E-state index is -0.117. The van der Waals surface area contributed by atoms with Crippen LogP contribution in [-0.4, -0.2) is 29.2 Å². The van der Waals surface area contributed by atoms with Crippen LogP contribution in [0, 0.1) is 6.92 Å². The van der Waals surface area contributed by atoms with E-state index in [1.54, 1.807) is 6.20 Å². The van der Waals surface area contributed by atoms with E-state index in [1.807, 2.05) is 61.5 Å². The maximum atomic E-state index is 12.4. The third kappa shape index (κ3) is 4.28. The molecule has 2 N–H and O–H groups in total. The molecule has 2 heterocycles. The molecule has 4 rings (SSSR count). The Morgan fingerprint density at radius 1 is 1.00 bits per heavy atom. The minimum absolute atomic E-state index is 0.117. The highest BCUT2D eigenvalue weighted by Crippen LogP contribution is 2.23. The van der Waals surface area contributed by atoms with Crippen molar-refractivity contribution in [3.63, 3.8) is 0 Å². The average molecular weight is 373 g/mol. The summed E-state index contributed by atoms with van der Waals surface area (Å²) in [5, 5.41) is 14.5. The Bertz CT molecular complexity index is 965. The van der Waals surface area contributed by atoms with Gasteiger partial charge in [-0.3, -0.25) is 4.79 Å². The lowest BCUT2D eigenvalue weighted by molar-refractivity contribution is 0.102. The molecule has 1 aromatic heterocycles. The maximum absolute atomic E-state index is 12.4. The Balaban J connectivity index is 1.41. The number of rotatable bonds is 5. The van der Waals surface area contributed by atoms with Gasteiger partial charge in [0.1, 0.15) is 0 Å². The molecule has 6 heteroatoms. The first-order chi connectivity index (χ1) is 13.7. The molecular weight excluding hydrogens is 350 g/mol. The number of amides is 1. The van der Waals surface area contributed by atoms with Crippen molar-refractivity contribution in [3.8, 4) is 0 Å². The molecule has 6 nitrogen and oxygen atoms in total. The first-order valence-corrected chi connectivity index (χ1v) is 9.50. The van der Waals surface area contributed by atoms with Gasteiger partial charge < -0.3 is 15.5 Å². The monoisotopic (exact) mass is 373 g/mol. The normalized spacial score (nSPS) is 13.4. The summed E-state index contributed by atoms with van der Waals surface area (Å²) < 4.78 is 0. The summed E-state index contributed by atoms with van der Waals surface area (Å²) in [6.45, 7) is 4.11. The fraction of sp³-hybridized carbons (Fsp3) is 0.227. The summed E-state index contributed by atoms with van der Waals surface area (Å²) in [7, 11) is 0. The van der Waals surface area contributed by atoms with E-state index in [1.165, 1.54) is 12.8 Å². The first-order valence-electron chi connectivity index (χ1n) is 9.50. The molecule has 0 spiro atoms. The lowest BCUT2D eigenvalue weighted by Crippen LogP contribution is -2.18. The van der Waals surface area contributed by atoms with Gasteiger partial charge in [0.05, 0.1) is 11.9 Å². The quantitative estimate of drug-likeness (QED) is 0.694. The van der Waals surface area contributed by atoms with E-state index in [2.05, 4.69) is 25.7 Å². The van der Waals surface area contributed by atoms with Gasteiger partial charge in [-0.05, 0) is 56.2 Å².